The summed E-state index contributed by atoms with van der Waals surface area (Å²) < 4.78 is 8.69. The third-order valence-corrected chi connectivity index (χ3v) is 12.1. The maximum Gasteiger partial charge on any atom is 0.151 e. The van der Waals surface area contributed by atoms with Crippen molar-refractivity contribution in [3.63, 3.8) is 0 Å². The Morgan fingerprint density at radius 1 is 0.365 bits per heavy atom. The molecule has 6 heterocycles. The molecule has 0 N–H and O–H groups in total. The summed E-state index contributed by atoms with van der Waals surface area (Å²) >= 11 is 0. The summed E-state index contributed by atoms with van der Waals surface area (Å²) in [6.07, 6.45) is 12.5. The van der Waals surface area contributed by atoms with Crippen molar-refractivity contribution in [1.82, 2.24) is 34.5 Å². The number of hydrogen-bond donors (Lipinski definition) is 0. The van der Waals surface area contributed by atoms with Crippen LogP contribution in [0.25, 0.3) is 93.8 Å². The SMILES string of the molecule is c1ccc(-c2ccc3c(c2)c2cc(N4c5ccccc5Oc5ccccc54)ccc2n3-c2cnc3c(c2)c2nccnc2c2cc(-c4cccc(-c5cnccn5)c4)cnc23)cc1. The zero-order valence-electron chi connectivity index (χ0n) is 33.5. The van der Waals surface area contributed by atoms with Gasteiger partial charge < -0.3 is 14.2 Å². The molecule has 0 fully saturated rings. The summed E-state index contributed by atoms with van der Waals surface area (Å²) in [5.74, 6) is 1.63. The number of fused-ring (bicyclic) bond motifs is 11. The maximum atomic E-state index is 6.38. The van der Waals surface area contributed by atoms with Gasteiger partial charge in [0.1, 0.15) is 0 Å². The third-order valence-electron chi connectivity index (χ3n) is 12.1. The number of aromatic nitrogens is 7. The van der Waals surface area contributed by atoms with Gasteiger partial charge in [-0.25, -0.2) is 0 Å². The van der Waals surface area contributed by atoms with Crippen LogP contribution < -0.4 is 9.64 Å². The Balaban J connectivity index is 1.01. The number of anilines is 3. The first kappa shape index (κ1) is 35.0. The average molecular weight is 809 g/mol. The van der Waals surface area contributed by atoms with Crippen LogP contribution in [0.4, 0.5) is 17.1 Å². The zero-order chi connectivity index (χ0) is 41.4. The fraction of sp³-hybridized carbons (Fsp3) is 0. The van der Waals surface area contributed by atoms with E-state index >= 15 is 0 Å². The number of ether oxygens (including phenoxy) is 1. The predicted octanol–water partition coefficient (Wildman–Crippen LogP) is 13.2. The maximum absolute atomic E-state index is 6.38. The van der Waals surface area contributed by atoms with Crippen molar-refractivity contribution in [2.75, 3.05) is 4.90 Å². The minimum atomic E-state index is 0.765. The molecule has 0 saturated heterocycles. The largest absolute Gasteiger partial charge is 0.453 e. The van der Waals surface area contributed by atoms with Crippen molar-refractivity contribution in [2.45, 2.75) is 0 Å². The standard InChI is InChI=1S/C54H32N8O/c1-2-9-33(10-3-1)35-17-19-45-40(26-35)41-28-38(61-47-13-4-6-15-49(47)63-50-16-7-5-14-48(50)61)18-20-46(41)62(45)39-29-43-52-51(57-23-24-58-52)42-27-37(30-59-53(42)54(43)60-31-39)34-11-8-12-36(25-34)44-32-55-21-22-56-44/h1-32H. The highest BCUT2D eigenvalue weighted by Crippen LogP contribution is 2.51. The van der Waals surface area contributed by atoms with Crippen molar-refractivity contribution >= 4 is 71.7 Å². The van der Waals surface area contributed by atoms with E-state index in [0.717, 1.165) is 122 Å². The number of para-hydroxylation sites is 4. The third kappa shape index (κ3) is 5.57. The van der Waals surface area contributed by atoms with Crippen LogP contribution >= 0.6 is 0 Å². The van der Waals surface area contributed by atoms with Crippen molar-refractivity contribution in [1.29, 1.82) is 0 Å². The summed E-state index contributed by atoms with van der Waals surface area (Å²) in [5.41, 5.74) is 15.2. The summed E-state index contributed by atoms with van der Waals surface area (Å²) in [6, 6.07) is 53.0. The van der Waals surface area contributed by atoms with Crippen LogP contribution in [0, 0.1) is 0 Å². The van der Waals surface area contributed by atoms with Gasteiger partial charge in [-0.3, -0.25) is 29.9 Å². The minimum Gasteiger partial charge on any atom is -0.453 e. The molecule has 0 amide bonds. The summed E-state index contributed by atoms with van der Waals surface area (Å²) in [4.78, 5) is 31.2. The highest BCUT2D eigenvalue weighted by atomic mass is 16.5. The zero-order valence-corrected chi connectivity index (χ0v) is 33.5. The molecule has 63 heavy (non-hydrogen) atoms. The molecule has 0 radical (unpaired) electrons. The molecule has 0 spiro atoms. The quantitative estimate of drug-likeness (QED) is 0.159. The molecule has 0 atom stereocenters. The second kappa shape index (κ2) is 13.9. The van der Waals surface area contributed by atoms with E-state index in [1.165, 1.54) is 0 Å². The second-order valence-corrected chi connectivity index (χ2v) is 15.6. The number of pyridine rings is 2. The van der Waals surface area contributed by atoms with E-state index in [4.69, 9.17) is 24.7 Å². The van der Waals surface area contributed by atoms with Crippen LogP contribution in [0.15, 0.2) is 195 Å². The Hall–Kier alpha value is -8.82. The Morgan fingerprint density at radius 2 is 0.952 bits per heavy atom. The lowest BCUT2D eigenvalue weighted by atomic mass is 10.00. The topological polar surface area (TPSA) is 94.7 Å². The Labute approximate surface area is 360 Å². The van der Waals surface area contributed by atoms with Gasteiger partial charge in [-0.1, -0.05) is 78.9 Å². The molecule has 7 aromatic carbocycles. The van der Waals surface area contributed by atoms with E-state index in [2.05, 4.69) is 135 Å². The van der Waals surface area contributed by atoms with Crippen molar-refractivity contribution in [2.24, 2.45) is 0 Å². The average Bonchev–Trinajstić information content (AvgIpc) is 3.69. The van der Waals surface area contributed by atoms with Gasteiger partial charge in [-0.05, 0) is 89.5 Å². The number of hydrogen-bond acceptors (Lipinski definition) is 8. The predicted molar refractivity (Wildman–Crippen MR) is 251 cm³/mol. The molecule has 9 heteroatoms. The fourth-order valence-electron chi connectivity index (χ4n) is 9.20. The normalized spacial score (nSPS) is 12.2. The molecule has 0 aliphatic carbocycles. The smallest absolute Gasteiger partial charge is 0.151 e. The second-order valence-electron chi connectivity index (χ2n) is 15.6. The van der Waals surface area contributed by atoms with Crippen LogP contribution in [-0.2, 0) is 0 Å². The summed E-state index contributed by atoms with van der Waals surface area (Å²) in [6.45, 7) is 0. The van der Waals surface area contributed by atoms with Gasteiger partial charge in [-0.15, -0.1) is 0 Å². The molecule has 0 unspecified atom stereocenters. The number of nitrogens with zero attached hydrogens (tertiary/aromatic N) is 8. The highest BCUT2D eigenvalue weighted by molar-refractivity contribution is 6.21. The van der Waals surface area contributed by atoms with Gasteiger partial charge in [0.25, 0.3) is 0 Å². The molecule has 294 valence electrons. The first-order valence-corrected chi connectivity index (χ1v) is 20.7. The van der Waals surface area contributed by atoms with Crippen LogP contribution in [0.2, 0.25) is 0 Å². The molecular formula is C54H32N8O. The van der Waals surface area contributed by atoms with Gasteiger partial charge >= 0.3 is 0 Å². The first-order chi connectivity index (χ1) is 31.2. The summed E-state index contributed by atoms with van der Waals surface area (Å²) in [5, 5.41) is 4.01. The van der Waals surface area contributed by atoms with Crippen molar-refractivity contribution in [3.05, 3.63) is 195 Å². The number of rotatable bonds is 5. The Kier molecular flexibility index (Phi) is 7.70. The van der Waals surface area contributed by atoms with E-state index in [1.54, 1.807) is 31.0 Å². The van der Waals surface area contributed by atoms with Crippen LogP contribution in [-0.4, -0.2) is 34.5 Å². The van der Waals surface area contributed by atoms with Crippen LogP contribution in [0.3, 0.4) is 0 Å². The van der Waals surface area contributed by atoms with Crippen LogP contribution in [0.5, 0.6) is 11.5 Å². The summed E-state index contributed by atoms with van der Waals surface area (Å²) in [7, 11) is 0. The van der Waals surface area contributed by atoms with Crippen LogP contribution in [0.1, 0.15) is 0 Å². The van der Waals surface area contributed by atoms with Gasteiger partial charge in [0, 0.05) is 69.3 Å². The lowest BCUT2D eigenvalue weighted by molar-refractivity contribution is 0.477. The molecule has 9 nitrogen and oxygen atoms in total. The lowest BCUT2D eigenvalue weighted by Gasteiger charge is -2.32. The first-order valence-electron chi connectivity index (χ1n) is 20.7. The number of benzene rings is 7. The highest BCUT2D eigenvalue weighted by Gasteiger charge is 2.26. The molecular weight excluding hydrogens is 777 g/mol. The molecule has 13 rings (SSSR count). The molecule has 5 aromatic heterocycles. The van der Waals surface area contributed by atoms with Gasteiger partial charge in [0.15, 0.2) is 11.5 Å². The van der Waals surface area contributed by atoms with E-state index in [1.807, 2.05) is 48.8 Å². The Bertz CT molecular complexity index is 3730. The molecule has 0 bridgehead atoms. The van der Waals surface area contributed by atoms with Crippen molar-refractivity contribution in [3.8, 4) is 50.7 Å². The van der Waals surface area contributed by atoms with Gasteiger partial charge in [0.05, 0.1) is 68.2 Å². The van der Waals surface area contributed by atoms with E-state index in [9.17, 15) is 0 Å². The van der Waals surface area contributed by atoms with E-state index in [-0.39, 0.29) is 0 Å². The molecule has 12 aromatic rings. The van der Waals surface area contributed by atoms with E-state index in [0.29, 0.717) is 0 Å². The fourth-order valence-corrected chi connectivity index (χ4v) is 9.20. The monoisotopic (exact) mass is 808 g/mol. The molecule has 1 aliphatic rings. The minimum absolute atomic E-state index is 0.765. The van der Waals surface area contributed by atoms with E-state index < -0.39 is 0 Å². The van der Waals surface area contributed by atoms with Gasteiger partial charge in [-0.2, -0.15) is 0 Å². The lowest BCUT2D eigenvalue weighted by Crippen LogP contribution is -2.15. The molecule has 0 saturated carbocycles. The van der Waals surface area contributed by atoms with Crippen molar-refractivity contribution < 1.29 is 4.74 Å². The Morgan fingerprint density at radius 3 is 1.71 bits per heavy atom. The van der Waals surface area contributed by atoms with Gasteiger partial charge in [0.2, 0.25) is 0 Å². The molecule has 1 aliphatic heterocycles.